The first-order valence-electron chi connectivity index (χ1n) is 9.03. The molecule has 1 fully saturated rings. The summed E-state index contributed by atoms with van der Waals surface area (Å²) in [7, 11) is 1.89. The third-order valence-corrected chi connectivity index (χ3v) is 5.58. The molecular formula is C19H27ClN5O+. The minimum Gasteiger partial charge on any atom is -0.360 e. The Hall–Kier alpha value is -2.05. The molecule has 1 aromatic heterocycles. The van der Waals surface area contributed by atoms with Crippen molar-refractivity contribution in [2.75, 3.05) is 36.4 Å². The fourth-order valence-corrected chi connectivity index (χ4v) is 3.71. The van der Waals surface area contributed by atoms with Crippen molar-refractivity contribution in [1.29, 1.82) is 0 Å². The van der Waals surface area contributed by atoms with Crippen LogP contribution in [0.2, 0.25) is 5.02 Å². The van der Waals surface area contributed by atoms with Gasteiger partial charge in [0.25, 0.3) is 5.91 Å². The van der Waals surface area contributed by atoms with Crippen molar-refractivity contribution in [3.8, 4) is 0 Å². The summed E-state index contributed by atoms with van der Waals surface area (Å²) >= 11 is 6.10. The predicted octanol–water partition coefficient (Wildman–Crippen LogP) is 1.42. The van der Waals surface area contributed by atoms with E-state index in [4.69, 9.17) is 11.6 Å². The summed E-state index contributed by atoms with van der Waals surface area (Å²) in [5.41, 5.74) is 3.81. The number of carbonyl (C=O) groups is 1. The van der Waals surface area contributed by atoms with E-state index in [9.17, 15) is 4.79 Å². The Morgan fingerprint density at radius 2 is 2.00 bits per heavy atom. The van der Waals surface area contributed by atoms with Gasteiger partial charge in [-0.3, -0.25) is 9.48 Å². The molecule has 0 bridgehead atoms. The Balaban J connectivity index is 1.59. The van der Waals surface area contributed by atoms with E-state index in [1.165, 1.54) is 4.90 Å². The van der Waals surface area contributed by atoms with Crippen molar-refractivity contribution in [2.24, 2.45) is 7.05 Å². The van der Waals surface area contributed by atoms with E-state index in [1.54, 1.807) is 4.68 Å². The molecule has 1 aliphatic rings. The zero-order chi connectivity index (χ0) is 18.8. The number of hydrogen-bond donors (Lipinski definition) is 2. The summed E-state index contributed by atoms with van der Waals surface area (Å²) < 4.78 is 1.80. The second-order valence-corrected chi connectivity index (χ2v) is 7.44. The third-order valence-electron chi connectivity index (χ3n) is 5.34. The lowest BCUT2D eigenvalue weighted by Gasteiger charge is -2.36. The zero-order valence-corrected chi connectivity index (χ0v) is 16.6. The van der Waals surface area contributed by atoms with Crippen LogP contribution >= 0.6 is 11.6 Å². The molecule has 2 N–H and O–H groups in total. The maximum Gasteiger partial charge on any atom is 0.282 e. The van der Waals surface area contributed by atoms with Gasteiger partial charge < -0.3 is 15.1 Å². The lowest BCUT2D eigenvalue weighted by atomic mass is 10.2. The number of nitrogens with one attached hydrogen (secondary N) is 2. The van der Waals surface area contributed by atoms with Gasteiger partial charge in [0.15, 0.2) is 6.04 Å². The van der Waals surface area contributed by atoms with Gasteiger partial charge in [-0.2, -0.15) is 5.10 Å². The lowest BCUT2D eigenvalue weighted by molar-refractivity contribution is -0.914. The van der Waals surface area contributed by atoms with Crippen molar-refractivity contribution >= 4 is 28.9 Å². The molecule has 1 atom stereocenters. The molecule has 0 radical (unpaired) electrons. The highest BCUT2D eigenvalue weighted by Crippen LogP contribution is 2.20. The van der Waals surface area contributed by atoms with Crippen LogP contribution in [-0.2, 0) is 11.8 Å². The minimum absolute atomic E-state index is 0.0513. The number of carbonyl (C=O) groups excluding carboxylic acids is 1. The van der Waals surface area contributed by atoms with Gasteiger partial charge in [-0.05, 0) is 39.0 Å². The fourth-order valence-electron chi connectivity index (χ4n) is 3.53. The molecule has 1 aromatic carbocycles. The molecule has 3 rings (SSSR count). The van der Waals surface area contributed by atoms with Gasteiger partial charge in [0.1, 0.15) is 0 Å². The summed E-state index contributed by atoms with van der Waals surface area (Å²) in [6, 6.07) is 7.85. The average Bonchev–Trinajstić information content (AvgIpc) is 2.87. The van der Waals surface area contributed by atoms with Gasteiger partial charge in [-0.15, -0.1) is 0 Å². The van der Waals surface area contributed by atoms with Crippen LogP contribution in [0, 0.1) is 13.8 Å². The van der Waals surface area contributed by atoms with Gasteiger partial charge in [0.2, 0.25) is 0 Å². The van der Waals surface area contributed by atoms with Gasteiger partial charge in [-0.25, -0.2) is 0 Å². The Morgan fingerprint density at radius 3 is 2.58 bits per heavy atom. The van der Waals surface area contributed by atoms with Crippen molar-refractivity contribution < 1.29 is 9.69 Å². The monoisotopic (exact) mass is 376 g/mol. The number of benzene rings is 1. The topological polar surface area (TPSA) is 54.6 Å². The molecule has 0 aliphatic carbocycles. The second kappa shape index (κ2) is 7.68. The molecule has 1 amide bonds. The Labute approximate surface area is 159 Å². The minimum atomic E-state index is -0.101. The number of aromatic nitrogens is 2. The summed E-state index contributed by atoms with van der Waals surface area (Å²) in [6.45, 7) is 9.57. The maximum atomic E-state index is 12.7. The van der Waals surface area contributed by atoms with E-state index >= 15 is 0 Å². The van der Waals surface area contributed by atoms with Crippen molar-refractivity contribution in [3.63, 3.8) is 0 Å². The SMILES string of the molecule is Cc1nn(C)c(C)c1NC(=O)[C@H](C)[NH+]1CCN(c2cccc(Cl)c2)CC1. The number of quaternary nitrogens is 1. The number of aryl methyl sites for hydroxylation is 2. The molecule has 0 spiro atoms. The molecule has 6 nitrogen and oxygen atoms in total. The molecule has 2 heterocycles. The van der Waals surface area contributed by atoms with Crippen molar-refractivity contribution in [2.45, 2.75) is 26.8 Å². The molecule has 2 aromatic rings. The molecule has 1 aliphatic heterocycles. The van der Waals surface area contributed by atoms with Crippen LogP contribution in [0.3, 0.4) is 0 Å². The van der Waals surface area contributed by atoms with Crippen LogP contribution in [0.15, 0.2) is 24.3 Å². The van der Waals surface area contributed by atoms with Gasteiger partial charge in [0.05, 0.1) is 43.3 Å². The van der Waals surface area contributed by atoms with E-state index in [0.717, 1.165) is 54.0 Å². The largest absolute Gasteiger partial charge is 0.360 e. The highest BCUT2D eigenvalue weighted by Gasteiger charge is 2.30. The predicted molar refractivity (Wildman–Crippen MR) is 105 cm³/mol. The first-order valence-corrected chi connectivity index (χ1v) is 9.40. The van der Waals surface area contributed by atoms with E-state index in [-0.39, 0.29) is 11.9 Å². The fraction of sp³-hybridized carbons (Fsp3) is 0.474. The van der Waals surface area contributed by atoms with Crippen molar-refractivity contribution in [3.05, 3.63) is 40.7 Å². The Bertz CT molecular complexity index is 795. The van der Waals surface area contributed by atoms with Crippen LogP contribution in [-0.4, -0.2) is 47.9 Å². The standard InChI is InChI=1S/C19H26ClN5O/c1-13-18(14(2)23(4)22-13)21-19(26)15(3)24-8-10-25(11-9-24)17-7-5-6-16(20)12-17/h5-7,12,15H,8-11H2,1-4H3,(H,21,26)/p+1/t15-/m0/s1. The van der Waals surface area contributed by atoms with Gasteiger partial charge in [0, 0.05) is 17.8 Å². The second-order valence-electron chi connectivity index (χ2n) is 7.01. The number of nitrogens with zero attached hydrogens (tertiary/aromatic N) is 3. The van der Waals surface area contributed by atoms with Crippen LogP contribution in [0.1, 0.15) is 18.3 Å². The summed E-state index contributed by atoms with van der Waals surface area (Å²) in [6.07, 6.45) is 0. The van der Waals surface area contributed by atoms with Gasteiger partial charge in [-0.1, -0.05) is 17.7 Å². The first-order chi connectivity index (χ1) is 12.4. The van der Waals surface area contributed by atoms with Crippen molar-refractivity contribution in [1.82, 2.24) is 9.78 Å². The highest BCUT2D eigenvalue weighted by atomic mass is 35.5. The van der Waals surface area contributed by atoms with Crippen LogP contribution in [0.25, 0.3) is 0 Å². The molecule has 7 heteroatoms. The zero-order valence-electron chi connectivity index (χ0n) is 15.8. The Morgan fingerprint density at radius 1 is 1.31 bits per heavy atom. The normalized spacial score (nSPS) is 16.6. The van der Waals surface area contributed by atoms with Crippen LogP contribution in [0.4, 0.5) is 11.4 Å². The number of anilines is 2. The highest BCUT2D eigenvalue weighted by molar-refractivity contribution is 6.30. The lowest BCUT2D eigenvalue weighted by Crippen LogP contribution is -3.19. The number of amides is 1. The van der Waals surface area contributed by atoms with Crippen LogP contribution < -0.4 is 15.1 Å². The quantitative estimate of drug-likeness (QED) is 0.848. The number of hydrogen-bond acceptors (Lipinski definition) is 3. The maximum absolute atomic E-state index is 12.7. The summed E-state index contributed by atoms with van der Waals surface area (Å²) in [5.74, 6) is 0.0513. The molecule has 1 saturated heterocycles. The average molecular weight is 377 g/mol. The van der Waals surface area contributed by atoms with Gasteiger partial charge >= 0.3 is 0 Å². The summed E-state index contributed by atoms with van der Waals surface area (Å²) in [5, 5.41) is 8.19. The molecule has 0 saturated carbocycles. The molecule has 140 valence electrons. The smallest absolute Gasteiger partial charge is 0.282 e. The third kappa shape index (κ3) is 3.86. The molecular weight excluding hydrogens is 350 g/mol. The number of rotatable bonds is 4. The van der Waals surface area contributed by atoms with E-state index in [1.807, 2.05) is 46.0 Å². The number of piperazine rings is 1. The Kier molecular flexibility index (Phi) is 5.53. The number of halogens is 1. The van der Waals surface area contributed by atoms with Crippen LogP contribution in [0.5, 0.6) is 0 Å². The molecule has 0 unspecified atom stereocenters. The molecule has 26 heavy (non-hydrogen) atoms. The summed E-state index contributed by atoms with van der Waals surface area (Å²) in [4.78, 5) is 16.4. The first kappa shape index (κ1) is 18.7. The van der Waals surface area contributed by atoms with E-state index in [0.29, 0.717) is 0 Å². The van der Waals surface area contributed by atoms with E-state index < -0.39 is 0 Å². The van der Waals surface area contributed by atoms with E-state index in [2.05, 4.69) is 21.4 Å².